The molecule has 8 aromatic carbocycles. The van der Waals surface area contributed by atoms with Crippen LogP contribution >= 0.6 is 0 Å². The van der Waals surface area contributed by atoms with Crippen molar-refractivity contribution in [1.82, 2.24) is 19.5 Å². The van der Waals surface area contributed by atoms with Gasteiger partial charge in [-0.05, 0) is 58.7 Å². The van der Waals surface area contributed by atoms with Crippen LogP contribution in [0.4, 0.5) is 0 Å². The summed E-state index contributed by atoms with van der Waals surface area (Å²) in [6.07, 6.45) is 0. The molecule has 1 aliphatic carbocycles. The molecule has 12 rings (SSSR count). The maximum absolute atomic E-state index is 6.62. The van der Waals surface area contributed by atoms with Gasteiger partial charge in [0, 0.05) is 44.3 Å². The minimum atomic E-state index is -0.566. The van der Waals surface area contributed by atoms with E-state index in [9.17, 15) is 0 Å². The fourth-order valence-electron chi connectivity index (χ4n) is 9.39. The Morgan fingerprint density at radius 1 is 0.386 bits per heavy atom. The molecule has 0 unspecified atom stereocenters. The fraction of sp³-hybridized carbons (Fsp3) is 0.0192. The second-order valence-electron chi connectivity index (χ2n) is 14.7. The van der Waals surface area contributed by atoms with Crippen LogP contribution in [0.2, 0.25) is 0 Å². The molecule has 0 amide bonds. The molecule has 0 bridgehead atoms. The molecular formula is C52H32N4O. The monoisotopic (exact) mass is 728 g/mol. The van der Waals surface area contributed by atoms with E-state index in [0.717, 1.165) is 66.8 Å². The predicted octanol–water partition coefficient (Wildman–Crippen LogP) is 12.4. The van der Waals surface area contributed by atoms with Gasteiger partial charge in [-0.3, -0.25) is 0 Å². The van der Waals surface area contributed by atoms with Crippen LogP contribution in [0.5, 0.6) is 11.5 Å². The Kier molecular flexibility index (Phi) is 6.78. The Bertz CT molecular complexity index is 3120. The first-order valence-electron chi connectivity index (χ1n) is 19.3. The molecule has 266 valence electrons. The SMILES string of the molecule is c1ccc(-c2nc(-c3ccccc3)nc(-c3cccc4c3c3ccccc3n4-c3ccc4c(c3)C3(c5ccccc5Oc5ccccc53)c3ccccc3-4)n2)cc1. The highest BCUT2D eigenvalue weighted by molar-refractivity contribution is 6.15. The average molecular weight is 729 g/mol. The Morgan fingerprint density at radius 3 is 1.61 bits per heavy atom. The first-order valence-corrected chi connectivity index (χ1v) is 19.3. The van der Waals surface area contributed by atoms with Gasteiger partial charge in [-0.15, -0.1) is 0 Å². The maximum Gasteiger partial charge on any atom is 0.164 e. The lowest BCUT2D eigenvalue weighted by atomic mass is 9.66. The summed E-state index contributed by atoms with van der Waals surface area (Å²) >= 11 is 0. The van der Waals surface area contributed by atoms with Crippen molar-refractivity contribution in [2.24, 2.45) is 0 Å². The number of rotatable bonds is 4. The number of ether oxygens (including phenoxy) is 1. The normalized spacial score (nSPS) is 13.2. The van der Waals surface area contributed by atoms with Crippen LogP contribution in [0, 0.1) is 0 Å². The van der Waals surface area contributed by atoms with Crippen molar-refractivity contribution in [3.63, 3.8) is 0 Å². The molecule has 1 aliphatic heterocycles. The van der Waals surface area contributed by atoms with E-state index in [2.05, 4.69) is 162 Å². The molecule has 5 heteroatoms. The summed E-state index contributed by atoms with van der Waals surface area (Å²) in [6, 6.07) is 68.4. The summed E-state index contributed by atoms with van der Waals surface area (Å²) in [5, 5.41) is 2.23. The van der Waals surface area contributed by atoms with Gasteiger partial charge in [0.15, 0.2) is 17.5 Å². The smallest absolute Gasteiger partial charge is 0.164 e. The number of hydrogen-bond donors (Lipinski definition) is 0. The topological polar surface area (TPSA) is 52.8 Å². The highest BCUT2D eigenvalue weighted by atomic mass is 16.5. The molecule has 0 N–H and O–H groups in total. The van der Waals surface area contributed by atoms with Crippen LogP contribution in [0.3, 0.4) is 0 Å². The molecule has 0 fully saturated rings. The number of nitrogens with zero attached hydrogens (tertiary/aromatic N) is 4. The first kappa shape index (κ1) is 31.7. The van der Waals surface area contributed by atoms with Gasteiger partial charge in [-0.25, -0.2) is 15.0 Å². The molecule has 0 saturated heterocycles. The first-order chi connectivity index (χ1) is 28.3. The summed E-state index contributed by atoms with van der Waals surface area (Å²) in [5.41, 5.74) is 12.8. The number of para-hydroxylation sites is 3. The van der Waals surface area contributed by atoms with Gasteiger partial charge < -0.3 is 9.30 Å². The van der Waals surface area contributed by atoms with E-state index in [1.807, 2.05) is 36.4 Å². The zero-order chi connectivity index (χ0) is 37.5. The lowest BCUT2D eigenvalue weighted by Crippen LogP contribution is -2.32. The summed E-state index contributed by atoms with van der Waals surface area (Å²) in [4.78, 5) is 15.3. The van der Waals surface area contributed by atoms with E-state index >= 15 is 0 Å². The second kappa shape index (κ2) is 12.2. The standard InChI is InChI=1S/C52H32N4O/c1-3-16-33(17-4-1)49-53-50(34-18-5-2-6-19-34)55-51(54-49)39-22-15-27-45-48(39)38-21-8-12-26-44(38)56(45)35-30-31-37-36-20-7-9-23-40(36)52(43(37)32-35)41-24-10-13-28-46(41)57-47-29-14-11-25-42(47)52/h1-32H. The van der Waals surface area contributed by atoms with Crippen molar-refractivity contribution < 1.29 is 4.74 Å². The van der Waals surface area contributed by atoms with Crippen molar-refractivity contribution in [3.05, 3.63) is 216 Å². The van der Waals surface area contributed by atoms with Gasteiger partial charge in [0.2, 0.25) is 0 Å². The Labute approximate surface area is 329 Å². The lowest BCUT2D eigenvalue weighted by Gasteiger charge is -2.39. The van der Waals surface area contributed by atoms with Crippen molar-refractivity contribution in [1.29, 1.82) is 0 Å². The molecule has 2 aliphatic rings. The van der Waals surface area contributed by atoms with Gasteiger partial charge in [-0.1, -0.05) is 158 Å². The largest absolute Gasteiger partial charge is 0.457 e. The van der Waals surface area contributed by atoms with Crippen molar-refractivity contribution in [2.75, 3.05) is 0 Å². The predicted molar refractivity (Wildman–Crippen MR) is 228 cm³/mol. The van der Waals surface area contributed by atoms with Crippen LogP contribution in [-0.4, -0.2) is 19.5 Å². The van der Waals surface area contributed by atoms with Crippen LogP contribution < -0.4 is 4.74 Å². The van der Waals surface area contributed by atoms with Crippen molar-refractivity contribution >= 4 is 21.8 Å². The quantitative estimate of drug-likeness (QED) is 0.181. The summed E-state index contributed by atoms with van der Waals surface area (Å²) in [6.45, 7) is 0. The van der Waals surface area contributed by atoms with E-state index in [1.165, 1.54) is 22.3 Å². The zero-order valence-electron chi connectivity index (χ0n) is 30.7. The minimum Gasteiger partial charge on any atom is -0.457 e. The number of aromatic nitrogens is 4. The van der Waals surface area contributed by atoms with Gasteiger partial charge in [0.05, 0.1) is 16.4 Å². The van der Waals surface area contributed by atoms with Crippen molar-refractivity contribution in [3.8, 4) is 62.5 Å². The lowest BCUT2D eigenvalue weighted by molar-refractivity contribution is 0.436. The highest BCUT2D eigenvalue weighted by Gasteiger charge is 2.51. The van der Waals surface area contributed by atoms with Gasteiger partial charge in [0.1, 0.15) is 11.5 Å². The Hall–Kier alpha value is -7.63. The van der Waals surface area contributed by atoms with Gasteiger partial charge in [-0.2, -0.15) is 0 Å². The number of hydrogen-bond acceptors (Lipinski definition) is 4. The zero-order valence-corrected chi connectivity index (χ0v) is 30.7. The van der Waals surface area contributed by atoms with Crippen LogP contribution in [0.15, 0.2) is 194 Å². The molecule has 57 heavy (non-hydrogen) atoms. The third-order valence-corrected chi connectivity index (χ3v) is 11.7. The summed E-state index contributed by atoms with van der Waals surface area (Å²) in [7, 11) is 0. The fourth-order valence-corrected chi connectivity index (χ4v) is 9.39. The van der Waals surface area contributed by atoms with E-state index in [0.29, 0.717) is 17.5 Å². The van der Waals surface area contributed by atoms with E-state index in [1.54, 1.807) is 0 Å². The Morgan fingerprint density at radius 2 is 0.912 bits per heavy atom. The van der Waals surface area contributed by atoms with Crippen LogP contribution in [0.1, 0.15) is 22.3 Å². The highest BCUT2D eigenvalue weighted by Crippen LogP contribution is 2.62. The van der Waals surface area contributed by atoms with Crippen LogP contribution in [-0.2, 0) is 5.41 Å². The third kappa shape index (κ3) is 4.54. The molecule has 3 heterocycles. The second-order valence-corrected chi connectivity index (χ2v) is 14.7. The van der Waals surface area contributed by atoms with Gasteiger partial charge >= 0.3 is 0 Å². The minimum absolute atomic E-state index is 0.566. The van der Waals surface area contributed by atoms with Crippen LogP contribution in [0.25, 0.3) is 72.8 Å². The summed E-state index contributed by atoms with van der Waals surface area (Å²) < 4.78 is 9.02. The molecule has 5 nitrogen and oxygen atoms in total. The molecule has 10 aromatic rings. The molecule has 0 radical (unpaired) electrons. The van der Waals surface area contributed by atoms with E-state index < -0.39 is 5.41 Å². The molecular weight excluding hydrogens is 697 g/mol. The van der Waals surface area contributed by atoms with Crippen molar-refractivity contribution in [2.45, 2.75) is 5.41 Å². The molecule has 0 atom stereocenters. The molecule has 1 spiro atoms. The molecule has 2 aromatic heterocycles. The third-order valence-electron chi connectivity index (χ3n) is 11.7. The van der Waals surface area contributed by atoms with E-state index in [-0.39, 0.29) is 0 Å². The summed E-state index contributed by atoms with van der Waals surface area (Å²) in [5.74, 6) is 3.68. The van der Waals surface area contributed by atoms with Gasteiger partial charge in [0.25, 0.3) is 0 Å². The maximum atomic E-state index is 6.62. The number of benzene rings is 8. The molecule has 0 saturated carbocycles. The Balaban J connectivity index is 1.13. The van der Waals surface area contributed by atoms with E-state index in [4.69, 9.17) is 19.7 Å². The average Bonchev–Trinajstić information content (AvgIpc) is 3.77. The number of fused-ring (bicyclic) bond motifs is 12.